The standard InChI is InChI=1S/C16H12ClN5OS/c17-11-3-1-10(2-4-11)14-21-13(23-22-14)5-7-18-15-12-6-8-24-16(12)20-9-19-15/h1-4,6,8-9H,5,7H2,(H,18,19,20). The molecule has 24 heavy (non-hydrogen) atoms. The van der Waals surface area contributed by atoms with E-state index in [1.807, 2.05) is 23.6 Å². The summed E-state index contributed by atoms with van der Waals surface area (Å²) in [6.45, 7) is 0.643. The van der Waals surface area contributed by atoms with Gasteiger partial charge in [-0.3, -0.25) is 0 Å². The topological polar surface area (TPSA) is 76.7 Å². The van der Waals surface area contributed by atoms with E-state index in [-0.39, 0.29) is 0 Å². The summed E-state index contributed by atoms with van der Waals surface area (Å²) in [7, 11) is 0. The number of nitrogens with zero attached hydrogens (tertiary/aromatic N) is 4. The second-order valence-corrected chi connectivity index (χ2v) is 6.39. The number of fused-ring (bicyclic) bond motifs is 1. The summed E-state index contributed by atoms with van der Waals surface area (Å²) in [5.41, 5.74) is 0.873. The van der Waals surface area contributed by atoms with E-state index in [1.165, 1.54) is 0 Å². The lowest BCUT2D eigenvalue weighted by Gasteiger charge is -2.04. The smallest absolute Gasteiger partial charge is 0.228 e. The Kier molecular flexibility index (Phi) is 4.10. The Morgan fingerprint density at radius 1 is 1.12 bits per heavy atom. The van der Waals surface area contributed by atoms with Crippen LogP contribution in [0.25, 0.3) is 21.6 Å². The molecule has 8 heteroatoms. The molecule has 3 aromatic heterocycles. The molecule has 0 fully saturated rings. The lowest BCUT2D eigenvalue weighted by Crippen LogP contribution is -2.06. The quantitative estimate of drug-likeness (QED) is 0.580. The summed E-state index contributed by atoms with van der Waals surface area (Å²) in [4.78, 5) is 13.9. The molecule has 120 valence electrons. The molecule has 0 saturated heterocycles. The second-order valence-electron chi connectivity index (χ2n) is 5.06. The van der Waals surface area contributed by atoms with Crippen molar-refractivity contribution in [3.8, 4) is 11.4 Å². The maximum atomic E-state index is 5.88. The van der Waals surface area contributed by atoms with Crippen molar-refractivity contribution < 1.29 is 4.52 Å². The highest BCUT2D eigenvalue weighted by molar-refractivity contribution is 7.16. The van der Waals surface area contributed by atoms with E-state index in [4.69, 9.17) is 16.1 Å². The van der Waals surface area contributed by atoms with Crippen LogP contribution in [0.2, 0.25) is 5.02 Å². The minimum absolute atomic E-state index is 0.559. The van der Waals surface area contributed by atoms with Gasteiger partial charge in [0.15, 0.2) is 0 Å². The zero-order valence-electron chi connectivity index (χ0n) is 12.4. The number of aromatic nitrogens is 4. The molecular weight excluding hydrogens is 346 g/mol. The highest BCUT2D eigenvalue weighted by Crippen LogP contribution is 2.23. The number of halogens is 1. The number of anilines is 1. The van der Waals surface area contributed by atoms with Gasteiger partial charge < -0.3 is 9.84 Å². The van der Waals surface area contributed by atoms with Crippen LogP contribution in [0.15, 0.2) is 46.6 Å². The molecule has 1 N–H and O–H groups in total. The summed E-state index contributed by atoms with van der Waals surface area (Å²) < 4.78 is 5.29. The lowest BCUT2D eigenvalue weighted by molar-refractivity contribution is 0.381. The average molecular weight is 358 g/mol. The Labute approximate surface area is 146 Å². The number of benzene rings is 1. The fraction of sp³-hybridized carbons (Fsp3) is 0.125. The third-order valence-electron chi connectivity index (χ3n) is 3.46. The van der Waals surface area contributed by atoms with Crippen molar-refractivity contribution in [1.29, 1.82) is 0 Å². The molecule has 0 bridgehead atoms. The number of hydrogen-bond acceptors (Lipinski definition) is 7. The molecule has 0 unspecified atom stereocenters. The number of nitrogens with one attached hydrogen (secondary N) is 1. The van der Waals surface area contributed by atoms with Crippen LogP contribution < -0.4 is 5.32 Å². The molecule has 0 saturated carbocycles. The lowest BCUT2D eigenvalue weighted by atomic mass is 10.2. The summed E-state index contributed by atoms with van der Waals surface area (Å²) in [6, 6.07) is 9.34. The van der Waals surface area contributed by atoms with Crippen LogP contribution in [-0.4, -0.2) is 26.7 Å². The van der Waals surface area contributed by atoms with Crippen molar-refractivity contribution in [3.05, 3.63) is 53.0 Å². The normalized spacial score (nSPS) is 11.0. The molecule has 0 amide bonds. The molecule has 6 nitrogen and oxygen atoms in total. The van der Waals surface area contributed by atoms with Gasteiger partial charge in [0.1, 0.15) is 17.0 Å². The fourth-order valence-corrected chi connectivity index (χ4v) is 3.15. The molecule has 1 aromatic carbocycles. The second kappa shape index (κ2) is 6.54. The van der Waals surface area contributed by atoms with E-state index >= 15 is 0 Å². The van der Waals surface area contributed by atoms with Gasteiger partial charge in [-0.1, -0.05) is 16.8 Å². The highest BCUT2D eigenvalue weighted by Gasteiger charge is 2.09. The molecular formula is C16H12ClN5OS. The predicted molar refractivity (Wildman–Crippen MR) is 94.4 cm³/mol. The van der Waals surface area contributed by atoms with E-state index in [0.717, 1.165) is 21.6 Å². The summed E-state index contributed by atoms with van der Waals surface area (Å²) in [6.07, 6.45) is 2.17. The first-order chi connectivity index (χ1) is 11.8. The van der Waals surface area contributed by atoms with Gasteiger partial charge in [0, 0.05) is 23.6 Å². The third kappa shape index (κ3) is 3.08. The Morgan fingerprint density at radius 2 is 2.00 bits per heavy atom. The van der Waals surface area contributed by atoms with E-state index in [0.29, 0.717) is 29.7 Å². The number of rotatable bonds is 5. The Hall–Kier alpha value is -2.51. The third-order valence-corrected chi connectivity index (χ3v) is 4.54. The molecule has 0 aliphatic rings. The van der Waals surface area contributed by atoms with Crippen LogP contribution in [0.1, 0.15) is 5.89 Å². The molecule has 3 heterocycles. The summed E-state index contributed by atoms with van der Waals surface area (Å²) in [5, 5.41) is 11.0. The van der Waals surface area contributed by atoms with Crippen LogP contribution in [0.3, 0.4) is 0 Å². The highest BCUT2D eigenvalue weighted by atomic mass is 35.5. The Bertz CT molecular complexity index is 966. The van der Waals surface area contributed by atoms with Crippen molar-refractivity contribution in [2.75, 3.05) is 11.9 Å². The fourth-order valence-electron chi connectivity index (χ4n) is 2.29. The average Bonchev–Trinajstić information content (AvgIpc) is 3.25. The minimum atomic E-state index is 0.559. The maximum absolute atomic E-state index is 5.88. The Balaban J connectivity index is 1.41. The maximum Gasteiger partial charge on any atom is 0.228 e. The van der Waals surface area contributed by atoms with Crippen LogP contribution in [0, 0.1) is 0 Å². The Morgan fingerprint density at radius 3 is 2.88 bits per heavy atom. The zero-order valence-corrected chi connectivity index (χ0v) is 14.0. The van der Waals surface area contributed by atoms with Crippen LogP contribution in [0.4, 0.5) is 5.82 Å². The van der Waals surface area contributed by atoms with E-state index < -0.39 is 0 Å². The molecule has 0 aliphatic carbocycles. The van der Waals surface area contributed by atoms with Crippen LogP contribution in [-0.2, 0) is 6.42 Å². The van der Waals surface area contributed by atoms with E-state index in [1.54, 1.807) is 29.8 Å². The monoisotopic (exact) mass is 357 g/mol. The molecule has 4 aromatic rings. The van der Waals surface area contributed by atoms with Crippen molar-refractivity contribution in [1.82, 2.24) is 20.1 Å². The van der Waals surface area contributed by atoms with Gasteiger partial charge in [0.2, 0.25) is 11.7 Å². The van der Waals surface area contributed by atoms with Gasteiger partial charge in [-0.25, -0.2) is 9.97 Å². The molecule has 0 atom stereocenters. The van der Waals surface area contributed by atoms with Gasteiger partial charge >= 0.3 is 0 Å². The van der Waals surface area contributed by atoms with Gasteiger partial charge in [0.05, 0.1) is 5.39 Å². The summed E-state index contributed by atoms with van der Waals surface area (Å²) >= 11 is 7.47. The first-order valence-corrected chi connectivity index (χ1v) is 8.56. The van der Waals surface area contributed by atoms with Gasteiger partial charge in [-0.05, 0) is 35.7 Å². The van der Waals surface area contributed by atoms with E-state index in [2.05, 4.69) is 25.4 Å². The van der Waals surface area contributed by atoms with Crippen molar-refractivity contribution in [2.24, 2.45) is 0 Å². The van der Waals surface area contributed by atoms with Crippen molar-refractivity contribution in [2.45, 2.75) is 6.42 Å². The van der Waals surface area contributed by atoms with Crippen LogP contribution >= 0.6 is 22.9 Å². The molecule has 4 rings (SSSR count). The predicted octanol–water partition coefficient (Wildman–Crippen LogP) is 4.05. The molecule has 0 aliphatic heterocycles. The van der Waals surface area contributed by atoms with Crippen molar-refractivity contribution >= 4 is 39.0 Å². The largest absolute Gasteiger partial charge is 0.369 e. The van der Waals surface area contributed by atoms with E-state index in [9.17, 15) is 0 Å². The SMILES string of the molecule is Clc1ccc(-c2noc(CCNc3ncnc4sccc34)n2)cc1. The van der Waals surface area contributed by atoms with Crippen molar-refractivity contribution in [3.63, 3.8) is 0 Å². The van der Waals surface area contributed by atoms with Gasteiger partial charge in [-0.2, -0.15) is 4.98 Å². The minimum Gasteiger partial charge on any atom is -0.369 e. The number of hydrogen-bond donors (Lipinski definition) is 1. The first-order valence-electron chi connectivity index (χ1n) is 7.30. The zero-order chi connectivity index (χ0) is 16.4. The summed E-state index contributed by atoms with van der Waals surface area (Å²) in [5.74, 6) is 1.95. The molecule has 0 radical (unpaired) electrons. The number of thiophene rings is 1. The first kappa shape index (κ1) is 15.0. The van der Waals surface area contributed by atoms with Crippen LogP contribution in [0.5, 0.6) is 0 Å². The van der Waals surface area contributed by atoms with Gasteiger partial charge in [-0.15, -0.1) is 11.3 Å². The molecule has 0 spiro atoms. The van der Waals surface area contributed by atoms with Gasteiger partial charge in [0.25, 0.3) is 0 Å².